The van der Waals surface area contributed by atoms with Crippen LogP contribution in [0.15, 0.2) is 30.5 Å². The highest BCUT2D eigenvalue weighted by atomic mass is 16.5. The normalized spacial score (nSPS) is 24.2. The number of esters is 1. The van der Waals surface area contributed by atoms with Crippen LogP contribution in [0.1, 0.15) is 50.5 Å². The van der Waals surface area contributed by atoms with Crippen molar-refractivity contribution >= 4 is 5.97 Å². The van der Waals surface area contributed by atoms with E-state index < -0.39 is 12.2 Å². The smallest absolute Gasteiger partial charge is 0.338 e. The second-order valence-electron chi connectivity index (χ2n) is 9.26. The van der Waals surface area contributed by atoms with Gasteiger partial charge in [0, 0.05) is 50.0 Å². The number of pyridine rings is 1. The molecule has 1 aromatic heterocycles. The van der Waals surface area contributed by atoms with Crippen molar-refractivity contribution < 1.29 is 24.5 Å². The van der Waals surface area contributed by atoms with Crippen molar-refractivity contribution in [2.24, 2.45) is 0 Å². The molecule has 1 aromatic carbocycles. The quantitative estimate of drug-likeness (QED) is 0.605. The molecule has 9 heteroatoms. The number of fused-ring (bicyclic) bond motifs is 3. The van der Waals surface area contributed by atoms with Crippen LogP contribution in [-0.2, 0) is 16.1 Å². The molecule has 2 bridgehead atoms. The van der Waals surface area contributed by atoms with Gasteiger partial charge < -0.3 is 19.7 Å². The third kappa shape index (κ3) is 4.31. The zero-order valence-corrected chi connectivity index (χ0v) is 19.1. The Hall–Kier alpha value is -2.87. The molecule has 3 aliphatic heterocycles. The number of morpholine rings is 1. The topological polar surface area (TPSA) is 119 Å². The van der Waals surface area contributed by atoms with Crippen molar-refractivity contribution in [2.45, 2.75) is 37.8 Å². The number of nitriles is 1. The zero-order chi connectivity index (χ0) is 23.8. The van der Waals surface area contributed by atoms with Crippen molar-refractivity contribution in [3.63, 3.8) is 0 Å². The van der Waals surface area contributed by atoms with Gasteiger partial charge in [-0.3, -0.25) is 14.8 Å². The summed E-state index contributed by atoms with van der Waals surface area (Å²) in [6, 6.07) is 9.17. The van der Waals surface area contributed by atoms with Crippen LogP contribution in [0.5, 0.6) is 0 Å². The highest BCUT2D eigenvalue weighted by Crippen LogP contribution is 2.31. The lowest BCUT2D eigenvalue weighted by atomic mass is 9.94. The molecule has 4 unspecified atom stereocenters. The van der Waals surface area contributed by atoms with Crippen LogP contribution in [0.2, 0.25) is 0 Å². The van der Waals surface area contributed by atoms with Crippen LogP contribution >= 0.6 is 0 Å². The number of ether oxygens (including phenoxy) is 2. The second kappa shape index (κ2) is 9.41. The van der Waals surface area contributed by atoms with Crippen LogP contribution in [0.3, 0.4) is 0 Å². The number of benzene rings is 1. The van der Waals surface area contributed by atoms with E-state index in [1.807, 2.05) is 19.1 Å². The Morgan fingerprint density at radius 1 is 1.15 bits per heavy atom. The average molecular weight is 465 g/mol. The van der Waals surface area contributed by atoms with Crippen LogP contribution in [0.25, 0.3) is 0 Å². The predicted octanol–water partition coefficient (Wildman–Crippen LogP) is 1.08. The summed E-state index contributed by atoms with van der Waals surface area (Å²) in [7, 11) is 0. The third-order valence-electron chi connectivity index (χ3n) is 7.14. The fraction of sp³-hybridized carbons (Fsp3) is 0.480. The minimum absolute atomic E-state index is 0.0999. The van der Waals surface area contributed by atoms with E-state index in [2.05, 4.69) is 14.8 Å². The number of piperazine rings is 1. The monoisotopic (exact) mass is 464 g/mol. The number of aliphatic hydroxyl groups is 2. The summed E-state index contributed by atoms with van der Waals surface area (Å²) >= 11 is 0. The lowest BCUT2D eigenvalue weighted by Gasteiger charge is -2.50. The highest BCUT2D eigenvalue weighted by molar-refractivity contribution is 5.93. The molecule has 0 spiro atoms. The van der Waals surface area contributed by atoms with Crippen LogP contribution < -0.4 is 0 Å². The van der Waals surface area contributed by atoms with Crippen LogP contribution in [0, 0.1) is 18.3 Å². The van der Waals surface area contributed by atoms with Crippen molar-refractivity contribution in [1.82, 2.24) is 14.8 Å². The first-order valence-corrected chi connectivity index (χ1v) is 11.5. The molecule has 178 valence electrons. The number of β-amino-alcohol motifs (C(OH)–C–C–N with tert-alkyl or cyclic N) is 1. The summed E-state index contributed by atoms with van der Waals surface area (Å²) < 4.78 is 10.9. The molecule has 0 aliphatic carbocycles. The maximum absolute atomic E-state index is 11.8. The summed E-state index contributed by atoms with van der Waals surface area (Å²) in [5, 5.41) is 30.7. The molecule has 2 fully saturated rings. The van der Waals surface area contributed by atoms with Gasteiger partial charge in [-0.25, -0.2) is 4.79 Å². The summed E-state index contributed by atoms with van der Waals surface area (Å²) in [5.74, 6) is -0.305. The lowest BCUT2D eigenvalue weighted by molar-refractivity contribution is -0.113. The van der Waals surface area contributed by atoms with Crippen molar-refractivity contribution in [3.8, 4) is 6.07 Å². The largest absolute Gasteiger partial charge is 0.457 e. The van der Waals surface area contributed by atoms with Gasteiger partial charge in [0.05, 0.1) is 36.1 Å². The Bertz CT molecular complexity index is 1100. The molecule has 0 amide bonds. The van der Waals surface area contributed by atoms with Crippen molar-refractivity contribution in [3.05, 3.63) is 64.0 Å². The molecule has 4 atom stereocenters. The number of aromatic nitrogens is 1. The van der Waals surface area contributed by atoms with E-state index >= 15 is 0 Å². The number of rotatable bonds is 6. The van der Waals surface area contributed by atoms with Gasteiger partial charge in [-0.15, -0.1) is 0 Å². The maximum Gasteiger partial charge on any atom is 0.338 e. The van der Waals surface area contributed by atoms with Gasteiger partial charge >= 0.3 is 5.97 Å². The third-order valence-corrected chi connectivity index (χ3v) is 7.14. The highest BCUT2D eigenvalue weighted by Gasteiger charge is 2.40. The number of hydrogen-bond donors (Lipinski definition) is 2. The first kappa shape index (κ1) is 22.9. The van der Waals surface area contributed by atoms with Gasteiger partial charge in [0.2, 0.25) is 0 Å². The molecule has 9 nitrogen and oxygen atoms in total. The molecule has 2 saturated heterocycles. The summed E-state index contributed by atoms with van der Waals surface area (Å²) in [6.45, 7) is 5.66. The Morgan fingerprint density at radius 3 is 2.59 bits per heavy atom. The van der Waals surface area contributed by atoms with E-state index in [0.29, 0.717) is 56.2 Å². The number of cyclic esters (lactones) is 1. The van der Waals surface area contributed by atoms with Gasteiger partial charge in [0.15, 0.2) is 0 Å². The first-order valence-electron chi connectivity index (χ1n) is 11.5. The fourth-order valence-electron chi connectivity index (χ4n) is 5.30. The summed E-state index contributed by atoms with van der Waals surface area (Å²) in [5.41, 5.74) is 4.19. The molecule has 2 aromatic rings. The molecule has 3 aliphatic rings. The lowest BCUT2D eigenvalue weighted by Crippen LogP contribution is -2.65. The number of carbonyl (C=O) groups is 1. The van der Waals surface area contributed by atoms with Gasteiger partial charge in [-0.05, 0) is 36.2 Å². The summed E-state index contributed by atoms with van der Waals surface area (Å²) in [4.78, 5) is 20.6. The van der Waals surface area contributed by atoms with Crippen molar-refractivity contribution in [1.29, 1.82) is 5.26 Å². The molecule has 5 rings (SSSR count). The van der Waals surface area contributed by atoms with Crippen molar-refractivity contribution in [2.75, 3.05) is 39.4 Å². The molecule has 0 radical (unpaired) electrons. The SMILES string of the molecule is Cc1c(C(O)CN2C3COCC2CN(CC(O)c2ccc(C#N)cn2)C3)ccc2c1COC2=O. The molecule has 0 saturated carbocycles. The Morgan fingerprint density at radius 2 is 1.91 bits per heavy atom. The number of carbonyl (C=O) groups excluding carboxylic acids is 1. The van der Waals surface area contributed by atoms with E-state index in [4.69, 9.17) is 14.7 Å². The minimum atomic E-state index is -0.745. The van der Waals surface area contributed by atoms with E-state index in [0.717, 1.165) is 16.7 Å². The molecular weight excluding hydrogens is 436 g/mol. The molecule has 2 N–H and O–H groups in total. The number of hydrogen-bond acceptors (Lipinski definition) is 9. The second-order valence-corrected chi connectivity index (χ2v) is 9.26. The summed E-state index contributed by atoms with van der Waals surface area (Å²) in [6.07, 6.45) is 0.0401. The van der Waals surface area contributed by atoms with Crippen LogP contribution in [0.4, 0.5) is 0 Å². The Labute approximate surface area is 198 Å². The number of aliphatic hydroxyl groups excluding tert-OH is 2. The molecule has 4 heterocycles. The minimum Gasteiger partial charge on any atom is -0.457 e. The van der Waals surface area contributed by atoms with Gasteiger partial charge in [0.25, 0.3) is 0 Å². The molecule has 34 heavy (non-hydrogen) atoms. The van der Waals surface area contributed by atoms with Gasteiger partial charge in [0.1, 0.15) is 18.8 Å². The van der Waals surface area contributed by atoms with E-state index in [9.17, 15) is 15.0 Å². The van der Waals surface area contributed by atoms with E-state index in [-0.39, 0.29) is 24.7 Å². The van der Waals surface area contributed by atoms with Gasteiger partial charge in [-0.2, -0.15) is 5.26 Å². The van der Waals surface area contributed by atoms with Gasteiger partial charge in [-0.1, -0.05) is 6.07 Å². The first-order chi connectivity index (χ1) is 16.4. The average Bonchev–Trinajstić information content (AvgIpc) is 3.21. The standard InChI is InChI=1S/C25H28N4O5/c1-15-19(3-4-20-21(15)14-34-25(20)32)23(30)11-29-17-8-28(9-18(29)13-33-12-17)10-24(31)22-5-2-16(6-26)7-27-22/h2-5,7,17-18,23-24,30-31H,8-14H2,1H3. The fourth-order valence-corrected chi connectivity index (χ4v) is 5.30. The number of nitrogens with zero attached hydrogens (tertiary/aromatic N) is 4. The molecular formula is C25H28N4O5. The van der Waals surface area contributed by atoms with E-state index in [1.165, 1.54) is 6.20 Å². The Kier molecular flexibility index (Phi) is 6.34. The van der Waals surface area contributed by atoms with E-state index in [1.54, 1.807) is 18.2 Å². The van der Waals surface area contributed by atoms with Crippen LogP contribution in [-0.4, -0.2) is 82.4 Å². The zero-order valence-electron chi connectivity index (χ0n) is 19.1. The maximum atomic E-state index is 11.8. The predicted molar refractivity (Wildman–Crippen MR) is 121 cm³/mol. The Balaban J connectivity index is 1.25.